The zero-order valence-electron chi connectivity index (χ0n) is 14.6. The monoisotopic (exact) mass is 344 g/mol. The Kier molecular flexibility index (Phi) is 4.19. The summed E-state index contributed by atoms with van der Waals surface area (Å²) in [5.41, 5.74) is 11.7. The molecular formula is C22H20N2O2. The maximum Gasteiger partial charge on any atom is 0.414 e. The fourth-order valence-corrected chi connectivity index (χ4v) is 3.41. The first-order chi connectivity index (χ1) is 12.7. The summed E-state index contributed by atoms with van der Waals surface area (Å²) in [6.07, 6.45) is -0.786. The van der Waals surface area contributed by atoms with Gasteiger partial charge < -0.3 is 10.5 Å². The molecule has 0 aliphatic heterocycles. The number of anilines is 1. The Morgan fingerprint density at radius 2 is 1.58 bits per heavy atom. The number of hydrogen-bond acceptors (Lipinski definition) is 3. The second kappa shape index (κ2) is 6.65. The second-order valence-electron chi connectivity index (χ2n) is 6.37. The fourth-order valence-electron chi connectivity index (χ4n) is 3.41. The molecule has 0 aromatic heterocycles. The minimum absolute atomic E-state index is 0.393. The molecule has 2 N–H and O–H groups in total. The third kappa shape index (κ3) is 2.74. The largest absolute Gasteiger partial charge is 0.436 e. The Bertz CT molecular complexity index is 922. The highest BCUT2D eigenvalue weighted by atomic mass is 16.6. The van der Waals surface area contributed by atoms with E-state index >= 15 is 0 Å². The zero-order chi connectivity index (χ0) is 18.1. The van der Waals surface area contributed by atoms with E-state index < -0.39 is 12.2 Å². The molecule has 130 valence electrons. The van der Waals surface area contributed by atoms with Gasteiger partial charge in [-0.3, -0.25) is 4.90 Å². The Morgan fingerprint density at radius 1 is 0.962 bits per heavy atom. The maximum absolute atomic E-state index is 12.8. The lowest BCUT2D eigenvalue weighted by Crippen LogP contribution is -2.28. The summed E-state index contributed by atoms with van der Waals surface area (Å²) in [7, 11) is 1.71. The molecule has 0 radical (unpaired) electrons. The van der Waals surface area contributed by atoms with E-state index in [1.54, 1.807) is 7.05 Å². The molecule has 4 heteroatoms. The van der Waals surface area contributed by atoms with E-state index in [2.05, 4.69) is 12.1 Å². The van der Waals surface area contributed by atoms with Crippen LogP contribution in [-0.2, 0) is 11.3 Å². The molecule has 1 amide bonds. The third-order valence-electron chi connectivity index (χ3n) is 4.80. The van der Waals surface area contributed by atoms with E-state index in [1.165, 1.54) is 4.90 Å². The van der Waals surface area contributed by atoms with Crippen molar-refractivity contribution in [2.75, 3.05) is 11.9 Å². The molecular weight excluding hydrogens is 324 g/mol. The van der Waals surface area contributed by atoms with Gasteiger partial charge in [0.25, 0.3) is 0 Å². The number of hydrogen-bond donors (Lipinski definition) is 1. The second-order valence-corrected chi connectivity index (χ2v) is 6.37. The van der Waals surface area contributed by atoms with Crippen molar-refractivity contribution in [3.05, 3.63) is 89.5 Å². The molecule has 1 aliphatic carbocycles. The quantitative estimate of drug-likeness (QED) is 0.762. The molecule has 0 saturated carbocycles. The molecule has 0 atom stereocenters. The van der Waals surface area contributed by atoms with Crippen LogP contribution in [-0.4, -0.2) is 13.1 Å². The number of nitrogens with two attached hydrogens (primary N) is 1. The van der Waals surface area contributed by atoms with Crippen LogP contribution >= 0.6 is 0 Å². The summed E-state index contributed by atoms with van der Waals surface area (Å²) in [4.78, 5) is 14.3. The van der Waals surface area contributed by atoms with E-state index in [4.69, 9.17) is 10.5 Å². The highest BCUT2D eigenvalue weighted by molar-refractivity contribution is 5.88. The van der Waals surface area contributed by atoms with Crippen LogP contribution in [0.1, 0.15) is 22.8 Å². The predicted octanol–water partition coefficient (Wildman–Crippen LogP) is 4.49. The van der Waals surface area contributed by atoms with Crippen molar-refractivity contribution in [1.29, 1.82) is 0 Å². The number of nitrogens with zero attached hydrogens (tertiary/aromatic N) is 1. The first-order valence-electron chi connectivity index (χ1n) is 8.60. The van der Waals surface area contributed by atoms with Gasteiger partial charge in [0.1, 0.15) is 0 Å². The molecule has 0 saturated heterocycles. The van der Waals surface area contributed by atoms with Gasteiger partial charge in [-0.1, -0.05) is 60.7 Å². The van der Waals surface area contributed by atoms with Crippen molar-refractivity contribution < 1.29 is 9.53 Å². The van der Waals surface area contributed by atoms with Crippen molar-refractivity contribution in [2.24, 2.45) is 5.73 Å². The first-order valence-corrected chi connectivity index (χ1v) is 8.60. The normalized spacial score (nSPS) is 12.4. The molecule has 26 heavy (non-hydrogen) atoms. The number of benzene rings is 3. The summed E-state index contributed by atoms with van der Waals surface area (Å²) in [6, 6.07) is 23.7. The minimum atomic E-state index is -0.393. The lowest BCUT2D eigenvalue weighted by Gasteiger charge is -2.22. The van der Waals surface area contributed by atoms with Gasteiger partial charge in [-0.2, -0.15) is 0 Å². The lowest BCUT2D eigenvalue weighted by atomic mass is 10.1. The number of fused-ring (bicyclic) bond motifs is 3. The maximum atomic E-state index is 12.8. The van der Waals surface area contributed by atoms with Crippen molar-refractivity contribution >= 4 is 11.8 Å². The molecule has 0 fully saturated rings. The van der Waals surface area contributed by atoms with Gasteiger partial charge in [-0.15, -0.1) is 0 Å². The Morgan fingerprint density at radius 3 is 2.19 bits per heavy atom. The van der Waals surface area contributed by atoms with Crippen LogP contribution in [0.25, 0.3) is 11.1 Å². The average Bonchev–Trinajstić information content (AvgIpc) is 3.01. The number of rotatable bonds is 3. The van der Waals surface area contributed by atoms with Crippen molar-refractivity contribution in [3.8, 4) is 11.1 Å². The van der Waals surface area contributed by atoms with E-state index in [0.717, 1.165) is 33.5 Å². The van der Waals surface area contributed by atoms with Gasteiger partial charge in [0.15, 0.2) is 6.10 Å². The standard InChI is InChI=1S/C22H20N2O2/c1-24(16-8-6-7-15(13-16)14-23)22(25)26-21-19-11-4-2-9-17(19)18-10-3-5-12-20(18)21/h2-13,21H,14,23H2,1H3. The third-order valence-corrected chi connectivity index (χ3v) is 4.80. The van der Waals surface area contributed by atoms with E-state index in [-0.39, 0.29) is 0 Å². The van der Waals surface area contributed by atoms with Crippen molar-refractivity contribution in [2.45, 2.75) is 12.6 Å². The van der Waals surface area contributed by atoms with Gasteiger partial charge in [0.05, 0.1) is 0 Å². The van der Waals surface area contributed by atoms with Gasteiger partial charge >= 0.3 is 6.09 Å². The van der Waals surface area contributed by atoms with Crippen LogP contribution in [0.2, 0.25) is 0 Å². The molecule has 4 nitrogen and oxygen atoms in total. The van der Waals surface area contributed by atoms with E-state index in [9.17, 15) is 4.79 Å². The fraction of sp³-hybridized carbons (Fsp3) is 0.136. The van der Waals surface area contributed by atoms with Crippen LogP contribution in [0.5, 0.6) is 0 Å². The highest BCUT2D eigenvalue weighted by Gasteiger charge is 2.32. The topological polar surface area (TPSA) is 55.6 Å². The Balaban J connectivity index is 1.63. The molecule has 0 heterocycles. The smallest absolute Gasteiger partial charge is 0.414 e. The van der Waals surface area contributed by atoms with Gasteiger partial charge in [0.2, 0.25) is 0 Å². The van der Waals surface area contributed by atoms with E-state index in [1.807, 2.05) is 60.7 Å². The van der Waals surface area contributed by atoms with Crippen molar-refractivity contribution in [3.63, 3.8) is 0 Å². The SMILES string of the molecule is CN(C(=O)OC1c2ccccc2-c2ccccc21)c1cccc(CN)c1. The molecule has 0 bridgehead atoms. The molecule has 3 aromatic carbocycles. The van der Waals surface area contributed by atoms with E-state index in [0.29, 0.717) is 6.54 Å². The lowest BCUT2D eigenvalue weighted by molar-refractivity contribution is 0.127. The predicted molar refractivity (Wildman–Crippen MR) is 103 cm³/mol. The molecule has 0 spiro atoms. The number of carbonyl (C=O) groups excluding carboxylic acids is 1. The van der Waals surface area contributed by atoms with Crippen molar-refractivity contribution in [1.82, 2.24) is 0 Å². The van der Waals surface area contributed by atoms with Gasteiger partial charge in [-0.05, 0) is 28.8 Å². The van der Waals surface area contributed by atoms with Crippen LogP contribution < -0.4 is 10.6 Å². The minimum Gasteiger partial charge on any atom is -0.436 e. The molecule has 4 rings (SSSR count). The van der Waals surface area contributed by atoms with Crippen LogP contribution in [0.15, 0.2) is 72.8 Å². The molecule has 3 aromatic rings. The molecule has 1 aliphatic rings. The average molecular weight is 344 g/mol. The van der Waals surface area contributed by atoms with Gasteiger partial charge in [-0.25, -0.2) is 4.79 Å². The number of carbonyl (C=O) groups is 1. The Hall–Kier alpha value is -3.11. The van der Waals surface area contributed by atoms with Gasteiger partial charge in [0, 0.05) is 30.4 Å². The highest BCUT2D eigenvalue weighted by Crippen LogP contribution is 2.45. The van der Waals surface area contributed by atoms with Crippen LogP contribution in [0.4, 0.5) is 10.5 Å². The summed E-state index contributed by atoms with van der Waals surface area (Å²) in [5, 5.41) is 0. The Labute approximate surface area is 152 Å². The summed E-state index contributed by atoms with van der Waals surface area (Å²) >= 11 is 0. The summed E-state index contributed by atoms with van der Waals surface area (Å²) in [6.45, 7) is 0.431. The number of ether oxygens (including phenoxy) is 1. The summed E-state index contributed by atoms with van der Waals surface area (Å²) in [5.74, 6) is 0. The zero-order valence-corrected chi connectivity index (χ0v) is 14.6. The summed E-state index contributed by atoms with van der Waals surface area (Å²) < 4.78 is 5.91. The first kappa shape index (κ1) is 16.4. The number of amides is 1. The molecule has 0 unspecified atom stereocenters. The van der Waals surface area contributed by atoms with Crippen LogP contribution in [0.3, 0.4) is 0 Å². The van der Waals surface area contributed by atoms with Crippen LogP contribution in [0, 0.1) is 0 Å².